The van der Waals surface area contributed by atoms with Gasteiger partial charge in [-0.1, -0.05) is 76.1 Å². The minimum absolute atomic E-state index is 0.945. The average Bonchev–Trinajstić information content (AvgIpc) is 2.67. The highest BCUT2D eigenvalue weighted by atomic mass is 15.1. The third kappa shape index (κ3) is 5.39. The molecule has 1 aromatic heterocycles. The van der Waals surface area contributed by atoms with Crippen LogP contribution in [0.4, 0.5) is 0 Å². The van der Waals surface area contributed by atoms with Crippen LogP contribution in [0.3, 0.4) is 0 Å². The van der Waals surface area contributed by atoms with E-state index in [1.54, 1.807) is 0 Å². The van der Waals surface area contributed by atoms with Gasteiger partial charge in [0.1, 0.15) is 0 Å². The lowest BCUT2D eigenvalue weighted by Gasteiger charge is -2.28. The van der Waals surface area contributed by atoms with E-state index in [1.165, 1.54) is 63.4 Å². The number of hydrogen-bond donors (Lipinski definition) is 0. The molecule has 1 aliphatic rings. The summed E-state index contributed by atoms with van der Waals surface area (Å²) in [7, 11) is 0. The molecule has 0 N–H and O–H groups in total. The van der Waals surface area contributed by atoms with Gasteiger partial charge in [-0.3, -0.25) is 0 Å². The van der Waals surface area contributed by atoms with Crippen LogP contribution in [0.15, 0.2) is 36.4 Å². The van der Waals surface area contributed by atoms with Crippen LogP contribution >= 0.6 is 0 Å². The highest BCUT2D eigenvalue weighted by Crippen LogP contribution is 2.34. The van der Waals surface area contributed by atoms with Crippen molar-refractivity contribution in [3.05, 3.63) is 47.7 Å². The van der Waals surface area contributed by atoms with Crippen LogP contribution in [0.5, 0.6) is 0 Å². The Kier molecular flexibility index (Phi) is 6.61. The van der Waals surface area contributed by atoms with Gasteiger partial charge in [-0.05, 0) is 49.3 Å². The molecule has 1 aromatic carbocycles. The molecule has 0 spiro atoms. The maximum Gasteiger partial charge on any atom is 0.0929 e. The second kappa shape index (κ2) is 9.12. The lowest BCUT2D eigenvalue weighted by molar-refractivity contribution is 0.250. The summed E-state index contributed by atoms with van der Waals surface area (Å²) in [6.45, 7) is 4.28. The Balaban J connectivity index is 1.45. The number of aromatic nitrogens is 2. The SMILES string of the molecule is CCCCC1CCC(CCc2ccc(-c3ccc(C)nn3)cc2)CC1. The lowest BCUT2D eigenvalue weighted by atomic mass is 9.78. The topological polar surface area (TPSA) is 25.8 Å². The lowest BCUT2D eigenvalue weighted by Crippen LogP contribution is -2.15. The van der Waals surface area contributed by atoms with E-state index in [-0.39, 0.29) is 0 Å². The summed E-state index contributed by atoms with van der Waals surface area (Å²) in [4.78, 5) is 0. The highest BCUT2D eigenvalue weighted by molar-refractivity contribution is 5.58. The molecule has 2 nitrogen and oxygen atoms in total. The van der Waals surface area contributed by atoms with Crippen molar-refractivity contribution in [2.45, 2.75) is 71.6 Å². The van der Waals surface area contributed by atoms with Crippen molar-refractivity contribution in [2.75, 3.05) is 0 Å². The smallest absolute Gasteiger partial charge is 0.0929 e. The van der Waals surface area contributed by atoms with Crippen LogP contribution in [0.2, 0.25) is 0 Å². The molecule has 0 aliphatic heterocycles. The van der Waals surface area contributed by atoms with E-state index in [9.17, 15) is 0 Å². The monoisotopic (exact) mass is 336 g/mol. The fourth-order valence-electron chi connectivity index (χ4n) is 4.07. The molecule has 0 atom stereocenters. The Morgan fingerprint density at radius 2 is 1.52 bits per heavy atom. The molecule has 0 saturated heterocycles. The number of benzene rings is 1. The second-order valence-corrected chi connectivity index (χ2v) is 7.82. The molecule has 0 amide bonds. The molecule has 2 heteroatoms. The molecule has 25 heavy (non-hydrogen) atoms. The summed E-state index contributed by atoms with van der Waals surface area (Å²) in [5, 5.41) is 8.43. The zero-order valence-electron chi connectivity index (χ0n) is 15.9. The van der Waals surface area contributed by atoms with Gasteiger partial charge >= 0.3 is 0 Å². The van der Waals surface area contributed by atoms with E-state index in [0.29, 0.717) is 0 Å². The molecular formula is C23H32N2. The summed E-state index contributed by atoms with van der Waals surface area (Å²) >= 11 is 0. The van der Waals surface area contributed by atoms with Crippen LogP contribution in [0, 0.1) is 18.8 Å². The second-order valence-electron chi connectivity index (χ2n) is 7.82. The van der Waals surface area contributed by atoms with Crippen molar-refractivity contribution in [3.63, 3.8) is 0 Å². The molecule has 0 unspecified atom stereocenters. The first-order chi connectivity index (χ1) is 12.2. The quantitative estimate of drug-likeness (QED) is 0.586. The number of rotatable bonds is 7. The van der Waals surface area contributed by atoms with Crippen LogP contribution < -0.4 is 0 Å². The van der Waals surface area contributed by atoms with E-state index in [2.05, 4.69) is 41.4 Å². The Bertz CT molecular complexity index is 622. The zero-order valence-corrected chi connectivity index (χ0v) is 15.9. The summed E-state index contributed by atoms with van der Waals surface area (Å²) < 4.78 is 0. The molecule has 1 saturated carbocycles. The van der Waals surface area contributed by atoms with Crippen LogP contribution in [-0.2, 0) is 6.42 Å². The summed E-state index contributed by atoms with van der Waals surface area (Å²) in [5.41, 5.74) is 4.54. The zero-order chi connectivity index (χ0) is 17.5. The summed E-state index contributed by atoms with van der Waals surface area (Å²) in [6, 6.07) is 13.0. The number of nitrogens with zero attached hydrogens (tertiary/aromatic N) is 2. The van der Waals surface area contributed by atoms with Crippen molar-refractivity contribution in [3.8, 4) is 11.3 Å². The van der Waals surface area contributed by atoms with Crippen molar-refractivity contribution in [1.82, 2.24) is 10.2 Å². The molecule has 2 aromatic rings. The number of aryl methyl sites for hydroxylation is 2. The minimum Gasteiger partial charge on any atom is -0.155 e. The molecular weight excluding hydrogens is 304 g/mol. The van der Waals surface area contributed by atoms with Gasteiger partial charge in [-0.25, -0.2) is 0 Å². The Morgan fingerprint density at radius 3 is 2.12 bits per heavy atom. The van der Waals surface area contributed by atoms with Gasteiger partial charge in [0.2, 0.25) is 0 Å². The highest BCUT2D eigenvalue weighted by Gasteiger charge is 2.20. The van der Waals surface area contributed by atoms with E-state index in [1.807, 2.05) is 19.1 Å². The third-order valence-corrected chi connectivity index (χ3v) is 5.82. The molecule has 0 radical (unpaired) electrons. The number of hydrogen-bond acceptors (Lipinski definition) is 2. The summed E-state index contributed by atoms with van der Waals surface area (Å²) in [6.07, 6.45) is 12.6. The fraction of sp³-hybridized carbons (Fsp3) is 0.565. The largest absolute Gasteiger partial charge is 0.155 e. The average molecular weight is 337 g/mol. The van der Waals surface area contributed by atoms with Gasteiger partial charge in [0.25, 0.3) is 0 Å². The van der Waals surface area contributed by atoms with Gasteiger partial charge in [0.15, 0.2) is 0 Å². The fourth-order valence-corrected chi connectivity index (χ4v) is 4.07. The Morgan fingerprint density at radius 1 is 0.840 bits per heavy atom. The van der Waals surface area contributed by atoms with Gasteiger partial charge in [0, 0.05) is 5.56 Å². The molecule has 1 fully saturated rings. The van der Waals surface area contributed by atoms with Gasteiger partial charge in [-0.2, -0.15) is 10.2 Å². The standard InChI is InChI=1S/C23H32N2/c1-3-4-5-19-7-9-20(10-8-19)11-12-21-13-15-22(16-14-21)23-17-6-18(2)24-25-23/h6,13-17,19-20H,3-5,7-12H2,1-2H3. The Labute approximate surface area is 153 Å². The van der Waals surface area contributed by atoms with Crippen LogP contribution in [-0.4, -0.2) is 10.2 Å². The number of unbranched alkanes of at least 4 members (excludes halogenated alkanes) is 1. The van der Waals surface area contributed by atoms with Crippen LogP contribution in [0.1, 0.15) is 69.5 Å². The molecule has 3 rings (SSSR count). The normalized spacial score (nSPS) is 20.6. The first-order valence-electron chi connectivity index (χ1n) is 10.1. The maximum atomic E-state index is 4.28. The van der Waals surface area contributed by atoms with Crippen molar-refractivity contribution in [1.29, 1.82) is 0 Å². The predicted octanol–water partition coefficient (Wildman–Crippen LogP) is 6.38. The molecule has 1 heterocycles. The van der Waals surface area contributed by atoms with E-state index in [0.717, 1.165) is 28.8 Å². The molecule has 134 valence electrons. The van der Waals surface area contributed by atoms with E-state index in [4.69, 9.17) is 0 Å². The first-order valence-corrected chi connectivity index (χ1v) is 10.1. The minimum atomic E-state index is 0.945. The van der Waals surface area contributed by atoms with Gasteiger partial charge in [-0.15, -0.1) is 0 Å². The predicted molar refractivity (Wildman–Crippen MR) is 105 cm³/mol. The molecule has 0 bridgehead atoms. The third-order valence-electron chi connectivity index (χ3n) is 5.82. The van der Waals surface area contributed by atoms with Gasteiger partial charge < -0.3 is 0 Å². The van der Waals surface area contributed by atoms with Crippen LogP contribution in [0.25, 0.3) is 11.3 Å². The molecule has 1 aliphatic carbocycles. The van der Waals surface area contributed by atoms with E-state index >= 15 is 0 Å². The van der Waals surface area contributed by atoms with Gasteiger partial charge in [0.05, 0.1) is 11.4 Å². The van der Waals surface area contributed by atoms with E-state index < -0.39 is 0 Å². The Hall–Kier alpha value is -1.70. The first kappa shape index (κ1) is 18.1. The van der Waals surface area contributed by atoms with Crippen molar-refractivity contribution >= 4 is 0 Å². The van der Waals surface area contributed by atoms with Crippen molar-refractivity contribution in [2.24, 2.45) is 11.8 Å². The van der Waals surface area contributed by atoms with Crippen molar-refractivity contribution < 1.29 is 0 Å². The maximum absolute atomic E-state index is 4.28. The summed E-state index contributed by atoms with van der Waals surface area (Å²) in [5.74, 6) is 1.96.